The van der Waals surface area contributed by atoms with Crippen LogP contribution >= 0.6 is 0 Å². The zero-order valence-electron chi connectivity index (χ0n) is 35.9. The molecule has 0 bridgehead atoms. The van der Waals surface area contributed by atoms with Gasteiger partial charge in [-0.05, 0) is 92.8 Å². The van der Waals surface area contributed by atoms with Gasteiger partial charge in [-0.3, -0.25) is 0 Å². The highest BCUT2D eigenvalue weighted by atomic mass is 16.8. The molecule has 17 heteroatoms. The minimum atomic E-state index is -1.73. The van der Waals surface area contributed by atoms with Gasteiger partial charge in [0.1, 0.15) is 61.0 Å². The van der Waals surface area contributed by atoms with E-state index in [0.29, 0.717) is 36.5 Å². The number of hydrogen-bond acceptors (Lipinski definition) is 17. The highest BCUT2D eigenvalue weighted by Crippen LogP contribution is 2.71. The summed E-state index contributed by atoms with van der Waals surface area (Å²) in [4.78, 5) is 0. The molecule has 5 saturated heterocycles. The van der Waals surface area contributed by atoms with Gasteiger partial charge in [-0.2, -0.15) is 0 Å². The summed E-state index contributed by atoms with van der Waals surface area (Å²) >= 11 is 0. The summed E-state index contributed by atoms with van der Waals surface area (Å²) in [5, 5.41) is 95.8. The van der Waals surface area contributed by atoms with Crippen molar-refractivity contribution in [2.24, 2.45) is 46.3 Å². The van der Waals surface area contributed by atoms with E-state index in [9.17, 15) is 46.0 Å². The van der Waals surface area contributed by atoms with Crippen LogP contribution in [0.25, 0.3) is 0 Å². The second kappa shape index (κ2) is 16.7. The molecule has 0 amide bonds. The number of hydrogen-bond donors (Lipinski definition) is 9. The van der Waals surface area contributed by atoms with Crippen LogP contribution in [0.4, 0.5) is 0 Å². The smallest absolute Gasteiger partial charge is 0.187 e. The molecule has 0 aromatic rings. The molecule has 9 N–H and O–H groups in total. The lowest BCUT2D eigenvalue weighted by atomic mass is 9.47. The summed E-state index contributed by atoms with van der Waals surface area (Å²) in [7, 11) is 0. The quantitative estimate of drug-likeness (QED) is 0.155. The summed E-state index contributed by atoms with van der Waals surface area (Å²) in [5.74, 6) is 1.40. The van der Waals surface area contributed by atoms with Crippen molar-refractivity contribution in [3.63, 3.8) is 0 Å². The second-order valence-electron chi connectivity index (χ2n) is 20.7. The third-order valence-electron chi connectivity index (χ3n) is 17.5. The number of allylic oxidation sites excluding steroid dienone is 1. The highest BCUT2D eigenvalue weighted by molar-refractivity contribution is 5.26. The van der Waals surface area contributed by atoms with Crippen molar-refractivity contribution in [1.29, 1.82) is 0 Å². The third kappa shape index (κ3) is 7.41. The minimum absolute atomic E-state index is 0.0615. The summed E-state index contributed by atoms with van der Waals surface area (Å²) in [5.41, 5.74) is 1.36. The van der Waals surface area contributed by atoms with Crippen LogP contribution in [0, 0.1) is 46.3 Å². The summed E-state index contributed by atoms with van der Waals surface area (Å²) in [6, 6.07) is 0. The topological polar surface area (TPSA) is 256 Å². The van der Waals surface area contributed by atoms with Crippen LogP contribution in [0.1, 0.15) is 92.4 Å². The molecule has 5 heterocycles. The van der Waals surface area contributed by atoms with E-state index >= 15 is 0 Å². The molecule has 8 fully saturated rings. The Kier molecular flexibility index (Phi) is 12.4. The minimum Gasteiger partial charge on any atom is -0.394 e. The maximum Gasteiger partial charge on any atom is 0.187 e. The van der Waals surface area contributed by atoms with Crippen molar-refractivity contribution in [3.8, 4) is 0 Å². The zero-order chi connectivity index (χ0) is 43.5. The molecule has 9 rings (SSSR count). The molecular formula is C44H70O17. The van der Waals surface area contributed by atoms with Gasteiger partial charge in [-0.1, -0.05) is 39.3 Å². The molecule has 17 nitrogen and oxygen atoms in total. The number of fused-ring (bicyclic) bond motifs is 7. The fourth-order valence-corrected chi connectivity index (χ4v) is 13.8. The molecule has 26 atom stereocenters. The lowest BCUT2D eigenvalue weighted by Gasteiger charge is -2.59. The van der Waals surface area contributed by atoms with E-state index in [-0.39, 0.29) is 35.4 Å². The van der Waals surface area contributed by atoms with E-state index in [1.54, 1.807) is 0 Å². The molecule has 5 aliphatic heterocycles. The fraction of sp³-hybridized carbons (Fsp3) is 0.955. The van der Waals surface area contributed by atoms with E-state index < -0.39 is 111 Å². The van der Waals surface area contributed by atoms with Crippen molar-refractivity contribution in [2.45, 2.75) is 203 Å². The number of aliphatic hydroxyl groups is 9. The molecular weight excluding hydrogens is 800 g/mol. The van der Waals surface area contributed by atoms with E-state index in [2.05, 4.69) is 26.8 Å². The van der Waals surface area contributed by atoms with Crippen LogP contribution in [0.2, 0.25) is 0 Å². The van der Waals surface area contributed by atoms with E-state index in [0.717, 1.165) is 44.9 Å². The van der Waals surface area contributed by atoms with E-state index in [1.165, 1.54) is 12.5 Å². The average Bonchev–Trinajstić information content (AvgIpc) is 3.68. The van der Waals surface area contributed by atoms with E-state index in [1.807, 2.05) is 6.92 Å². The Labute approximate surface area is 357 Å². The molecule has 0 aromatic carbocycles. The highest BCUT2D eigenvalue weighted by Gasteiger charge is 2.69. The van der Waals surface area contributed by atoms with Crippen molar-refractivity contribution in [2.75, 3.05) is 13.2 Å². The number of ether oxygens (including phenoxy) is 8. The Bertz CT molecular complexity index is 1600. The van der Waals surface area contributed by atoms with Gasteiger partial charge in [0, 0.05) is 18.3 Å². The van der Waals surface area contributed by atoms with Gasteiger partial charge in [0.05, 0.1) is 31.5 Å². The first-order valence-corrected chi connectivity index (χ1v) is 22.9. The van der Waals surface area contributed by atoms with Gasteiger partial charge in [0.25, 0.3) is 0 Å². The SMILES string of the molecule is C[C@@H]1CC[C@@]2(O[C@H]1O)O[C@H]1C[C@H]3[C@@H]4CC=C5C[C@@H](O[C@@H]6O[C@H](CO)[C@@H](O)[C@H](O[C@@H]7OC[C@@H](O)[C@H](O)[C@H]7O)[C@H]6O[C@@H]6O[C@@H](C)[C@H](O)[C@@H](O)[C@H]6O)CC[C@]5(C)[C@H]4CC[C@]3(C)[C@H]1[C@@H]2C. The monoisotopic (exact) mass is 870 g/mol. The Morgan fingerprint density at radius 3 is 2.20 bits per heavy atom. The van der Waals surface area contributed by atoms with Gasteiger partial charge in [-0.25, -0.2) is 0 Å². The molecule has 0 aromatic heterocycles. The molecule has 0 unspecified atom stereocenters. The Balaban J connectivity index is 0.931. The van der Waals surface area contributed by atoms with E-state index in [4.69, 9.17) is 37.9 Å². The van der Waals surface area contributed by atoms with Crippen molar-refractivity contribution in [1.82, 2.24) is 0 Å². The Morgan fingerprint density at radius 2 is 1.46 bits per heavy atom. The lowest BCUT2D eigenvalue weighted by Crippen LogP contribution is -2.66. The van der Waals surface area contributed by atoms with Gasteiger partial charge >= 0.3 is 0 Å². The standard InChI is InChI=1S/C44H70O17/c1-18-8-13-44(61-38(18)53)19(2)29-27(60-44)15-25-23-7-6-21-14-22(9-11-42(21,4)24(23)10-12-43(25,29)5)56-41-37(59-40-35(52)33(50)30(47)20(3)55-40)36(32(49)28(16-45)57-41)58-39-34(51)31(48)26(46)17-54-39/h6,18-20,22-41,45-53H,7-17H2,1-5H3/t18-,19+,20+,22+,23-,24+,25+,26-,27+,28-,29+,30+,31+,32-,33-,34-,35-,36+,37-,38-,39+,40+,41-,42+,43+,44+/m1/s1. The van der Waals surface area contributed by atoms with Crippen molar-refractivity contribution < 1.29 is 83.9 Å². The van der Waals surface area contributed by atoms with Gasteiger partial charge in [0.15, 0.2) is 30.9 Å². The maximum absolute atomic E-state index is 11.5. The fourth-order valence-electron chi connectivity index (χ4n) is 13.8. The molecule has 4 aliphatic carbocycles. The summed E-state index contributed by atoms with van der Waals surface area (Å²) in [6.07, 6.45) is -11.4. The number of rotatable bonds is 7. The third-order valence-corrected chi connectivity index (χ3v) is 17.5. The van der Waals surface area contributed by atoms with Crippen LogP contribution in [0.3, 0.4) is 0 Å². The predicted molar refractivity (Wildman–Crippen MR) is 209 cm³/mol. The van der Waals surface area contributed by atoms with Crippen LogP contribution in [-0.2, 0) is 37.9 Å². The summed E-state index contributed by atoms with van der Waals surface area (Å²) in [6.45, 7) is 9.65. The molecule has 3 saturated carbocycles. The zero-order valence-corrected chi connectivity index (χ0v) is 35.9. The number of aliphatic hydroxyl groups excluding tert-OH is 9. The van der Waals surface area contributed by atoms with Gasteiger partial charge in [-0.15, -0.1) is 0 Å². The molecule has 9 aliphatic rings. The van der Waals surface area contributed by atoms with Crippen LogP contribution in [0.5, 0.6) is 0 Å². The largest absolute Gasteiger partial charge is 0.394 e. The predicted octanol–water partition coefficient (Wildman–Crippen LogP) is 0.172. The molecule has 348 valence electrons. The van der Waals surface area contributed by atoms with Crippen LogP contribution in [-0.4, -0.2) is 169 Å². The normalized spacial score (nSPS) is 58.4. The average molecular weight is 871 g/mol. The summed E-state index contributed by atoms with van der Waals surface area (Å²) < 4.78 is 49.8. The van der Waals surface area contributed by atoms with Crippen molar-refractivity contribution in [3.05, 3.63) is 11.6 Å². The van der Waals surface area contributed by atoms with Crippen molar-refractivity contribution >= 4 is 0 Å². The van der Waals surface area contributed by atoms with Crippen LogP contribution < -0.4 is 0 Å². The lowest BCUT2D eigenvalue weighted by molar-refractivity contribution is -0.390. The first-order valence-electron chi connectivity index (χ1n) is 22.9. The Hall–Kier alpha value is -0.940. The molecule has 61 heavy (non-hydrogen) atoms. The van der Waals surface area contributed by atoms with Gasteiger partial charge < -0.3 is 83.9 Å². The maximum atomic E-state index is 11.5. The Morgan fingerprint density at radius 1 is 0.721 bits per heavy atom. The molecule has 0 radical (unpaired) electrons. The van der Waals surface area contributed by atoms with Crippen LogP contribution in [0.15, 0.2) is 11.6 Å². The first kappa shape index (κ1) is 45.2. The second-order valence-corrected chi connectivity index (χ2v) is 20.7. The van der Waals surface area contributed by atoms with Gasteiger partial charge in [0.2, 0.25) is 0 Å². The molecule has 1 spiro atoms. The first-order chi connectivity index (χ1) is 28.9.